The van der Waals surface area contributed by atoms with Crippen LogP contribution in [0.15, 0.2) is 21.0 Å². The van der Waals surface area contributed by atoms with Gasteiger partial charge < -0.3 is 19.3 Å². The highest BCUT2D eigenvalue weighted by Crippen LogP contribution is 2.09. The fourth-order valence-electron chi connectivity index (χ4n) is 1.51. The molecule has 0 aromatic carbocycles. The summed E-state index contributed by atoms with van der Waals surface area (Å²) in [6.45, 7) is 4.89. The summed E-state index contributed by atoms with van der Waals surface area (Å²) in [5.74, 6) is 2.88. The van der Waals surface area contributed by atoms with Gasteiger partial charge >= 0.3 is 0 Å². The number of hydrogen-bond acceptors (Lipinski definition) is 5. The summed E-state index contributed by atoms with van der Waals surface area (Å²) in [5.41, 5.74) is 0.919. The minimum absolute atomic E-state index is 0.0713. The van der Waals surface area contributed by atoms with Gasteiger partial charge in [0.25, 0.3) is 0 Å². The molecule has 2 rings (SSSR count). The largest absolute Gasteiger partial charge is 0.462 e. The zero-order valence-corrected chi connectivity index (χ0v) is 9.99. The summed E-state index contributed by atoms with van der Waals surface area (Å²) in [6, 6.07) is 3.60. The van der Waals surface area contributed by atoms with Crippen molar-refractivity contribution in [1.29, 1.82) is 0 Å². The van der Waals surface area contributed by atoms with Crippen molar-refractivity contribution in [3.05, 3.63) is 41.0 Å². The Hall–Kier alpha value is -1.59. The SMILES string of the molecule is Cc1nc(CNCc2ccc(CO)o2)oc1C. The Morgan fingerprint density at radius 3 is 2.53 bits per heavy atom. The number of rotatable bonds is 5. The third-order valence-corrected chi connectivity index (χ3v) is 2.52. The van der Waals surface area contributed by atoms with Crippen molar-refractivity contribution in [3.8, 4) is 0 Å². The second-order valence-corrected chi connectivity index (χ2v) is 3.88. The van der Waals surface area contributed by atoms with Gasteiger partial charge in [0, 0.05) is 0 Å². The van der Waals surface area contributed by atoms with Gasteiger partial charge in [-0.25, -0.2) is 4.98 Å². The summed E-state index contributed by atoms with van der Waals surface area (Å²) in [7, 11) is 0. The lowest BCUT2D eigenvalue weighted by Gasteiger charge is -1.98. The molecule has 0 aliphatic rings. The van der Waals surface area contributed by atoms with Gasteiger partial charge in [-0.2, -0.15) is 0 Å². The van der Waals surface area contributed by atoms with Gasteiger partial charge in [0.15, 0.2) is 0 Å². The fraction of sp³-hybridized carbons (Fsp3) is 0.417. The molecule has 0 spiro atoms. The second-order valence-electron chi connectivity index (χ2n) is 3.88. The lowest BCUT2D eigenvalue weighted by atomic mass is 10.4. The first-order valence-electron chi connectivity index (χ1n) is 5.51. The first-order chi connectivity index (χ1) is 8.19. The maximum atomic E-state index is 8.85. The Morgan fingerprint density at radius 2 is 1.94 bits per heavy atom. The van der Waals surface area contributed by atoms with Crippen LogP contribution in [-0.4, -0.2) is 10.1 Å². The zero-order valence-electron chi connectivity index (χ0n) is 9.99. The normalized spacial score (nSPS) is 11.0. The van der Waals surface area contributed by atoms with E-state index in [0.29, 0.717) is 24.7 Å². The topological polar surface area (TPSA) is 71.4 Å². The van der Waals surface area contributed by atoms with E-state index >= 15 is 0 Å². The molecule has 0 amide bonds. The lowest BCUT2D eigenvalue weighted by Crippen LogP contribution is -2.12. The van der Waals surface area contributed by atoms with Crippen LogP contribution in [0.5, 0.6) is 0 Å². The molecule has 2 N–H and O–H groups in total. The monoisotopic (exact) mass is 236 g/mol. The molecule has 2 aromatic heterocycles. The van der Waals surface area contributed by atoms with Gasteiger partial charge in [-0.1, -0.05) is 0 Å². The highest BCUT2D eigenvalue weighted by molar-refractivity contribution is 5.07. The Labute approximate surface area is 99.5 Å². The Kier molecular flexibility index (Phi) is 3.61. The van der Waals surface area contributed by atoms with Crippen molar-refractivity contribution in [3.63, 3.8) is 0 Å². The van der Waals surface area contributed by atoms with Crippen LogP contribution in [-0.2, 0) is 19.7 Å². The van der Waals surface area contributed by atoms with Crippen LogP contribution < -0.4 is 5.32 Å². The third-order valence-electron chi connectivity index (χ3n) is 2.52. The molecule has 92 valence electrons. The van der Waals surface area contributed by atoms with E-state index in [2.05, 4.69) is 10.3 Å². The molecule has 5 nitrogen and oxygen atoms in total. The van der Waals surface area contributed by atoms with Gasteiger partial charge in [-0.15, -0.1) is 0 Å². The molecular weight excluding hydrogens is 220 g/mol. The number of oxazole rings is 1. The van der Waals surface area contributed by atoms with E-state index in [0.717, 1.165) is 17.2 Å². The Morgan fingerprint density at radius 1 is 1.18 bits per heavy atom. The van der Waals surface area contributed by atoms with Crippen molar-refractivity contribution < 1.29 is 13.9 Å². The van der Waals surface area contributed by atoms with E-state index in [9.17, 15) is 0 Å². The third kappa shape index (κ3) is 2.95. The quantitative estimate of drug-likeness (QED) is 0.826. The predicted octanol–water partition coefficient (Wildman–Crippen LogP) is 1.67. The van der Waals surface area contributed by atoms with Crippen LogP contribution in [0, 0.1) is 13.8 Å². The van der Waals surface area contributed by atoms with E-state index in [4.69, 9.17) is 13.9 Å². The van der Waals surface area contributed by atoms with Gasteiger partial charge in [0.05, 0.1) is 18.8 Å². The minimum Gasteiger partial charge on any atom is -0.462 e. The van der Waals surface area contributed by atoms with Crippen LogP contribution in [0.25, 0.3) is 0 Å². The number of aliphatic hydroxyl groups excluding tert-OH is 1. The summed E-state index contributed by atoms with van der Waals surface area (Å²) in [5, 5.41) is 12.0. The van der Waals surface area contributed by atoms with Crippen LogP contribution in [0.2, 0.25) is 0 Å². The van der Waals surface area contributed by atoms with Crippen LogP contribution in [0.3, 0.4) is 0 Å². The fourth-order valence-corrected chi connectivity index (χ4v) is 1.51. The molecule has 5 heteroatoms. The first-order valence-corrected chi connectivity index (χ1v) is 5.51. The molecule has 0 radical (unpaired) electrons. The molecule has 0 unspecified atom stereocenters. The molecule has 2 heterocycles. The molecule has 0 aliphatic carbocycles. The van der Waals surface area contributed by atoms with Gasteiger partial charge in [0.1, 0.15) is 23.9 Å². The number of nitrogens with one attached hydrogen (secondary N) is 1. The highest BCUT2D eigenvalue weighted by atomic mass is 16.4. The summed E-state index contributed by atoms with van der Waals surface area (Å²) in [6.07, 6.45) is 0. The molecule has 0 fully saturated rings. The average molecular weight is 236 g/mol. The molecule has 2 aromatic rings. The Balaban J connectivity index is 1.83. The number of hydrogen-bond donors (Lipinski definition) is 2. The maximum Gasteiger partial charge on any atom is 0.208 e. The summed E-state index contributed by atoms with van der Waals surface area (Å²) < 4.78 is 10.8. The van der Waals surface area contributed by atoms with Gasteiger partial charge in [-0.05, 0) is 26.0 Å². The zero-order chi connectivity index (χ0) is 12.3. The molecular formula is C12H16N2O3. The maximum absolute atomic E-state index is 8.85. The predicted molar refractivity (Wildman–Crippen MR) is 61.2 cm³/mol. The highest BCUT2D eigenvalue weighted by Gasteiger charge is 2.05. The number of aromatic nitrogens is 1. The molecule has 0 saturated heterocycles. The van der Waals surface area contributed by atoms with Crippen molar-refractivity contribution in [2.75, 3.05) is 0 Å². The first kappa shape index (κ1) is 11.9. The van der Waals surface area contributed by atoms with E-state index < -0.39 is 0 Å². The van der Waals surface area contributed by atoms with Crippen molar-refractivity contribution in [2.24, 2.45) is 0 Å². The van der Waals surface area contributed by atoms with Crippen molar-refractivity contribution >= 4 is 0 Å². The summed E-state index contributed by atoms with van der Waals surface area (Å²) >= 11 is 0. The Bertz CT molecular complexity index is 468. The van der Waals surface area contributed by atoms with E-state index in [1.807, 2.05) is 19.9 Å². The molecule has 0 aliphatic heterocycles. The number of aryl methyl sites for hydroxylation is 2. The summed E-state index contributed by atoms with van der Waals surface area (Å²) in [4.78, 5) is 4.26. The molecule has 0 atom stereocenters. The van der Waals surface area contributed by atoms with E-state index in [1.54, 1.807) is 6.07 Å². The van der Waals surface area contributed by atoms with Crippen LogP contribution in [0.1, 0.15) is 28.9 Å². The molecule has 0 bridgehead atoms. The number of nitrogens with zero attached hydrogens (tertiary/aromatic N) is 1. The second kappa shape index (κ2) is 5.16. The smallest absolute Gasteiger partial charge is 0.208 e. The molecule has 0 saturated carbocycles. The van der Waals surface area contributed by atoms with Crippen molar-refractivity contribution in [1.82, 2.24) is 10.3 Å². The van der Waals surface area contributed by atoms with Gasteiger partial charge in [0.2, 0.25) is 5.89 Å². The average Bonchev–Trinajstić information content (AvgIpc) is 2.87. The lowest BCUT2D eigenvalue weighted by molar-refractivity contribution is 0.242. The van der Waals surface area contributed by atoms with Gasteiger partial charge in [-0.3, -0.25) is 0 Å². The number of furan rings is 1. The standard InChI is InChI=1S/C12H16N2O3/c1-8-9(2)16-12(14-8)6-13-5-10-3-4-11(7-15)17-10/h3-4,13,15H,5-7H2,1-2H3. The van der Waals surface area contributed by atoms with Crippen LogP contribution >= 0.6 is 0 Å². The van der Waals surface area contributed by atoms with E-state index in [-0.39, 0.29) is 6.61 Å². The van der Waals surface area contributed by atoms with E-state index in [1.165, 1.54) is 0 Å². The number of aliphatic hydroxyl groups is 1. The van der Waals surface area contributed by atoms with Crippen molar-refractivity contribution in [2.45, 2.75) is 33.5 Å². The minimum atomic E-state index is -0.0713. The molecule has 17 heavy (non-hydrogen) atoms. The van der Waals surface area contributed by atoms with Crippen LogP contribution in [0.4, 0.5) is 0 Å².